The summed E-state index contributed by atoms with van der Waals surface area (Å²) in [6.45, 7) is 4.14. The number of methoxy groups -OCH3 is 1. The highest BCUT2D eigenvalue weighted by atomic mass is 16.5. The van der Waals surface area contributed by atoms with Crippen LogP contribution in [0.15, 0.2) is 0 Å². The van der Waals surface area contributed by atoms with Crippen molar-refractivity contribution in [2.24, 2.45) is 0 Å². The predicted molar refractivity (Wildman–Crippen MR) is 58.6 cm³/mol. The molecule has 0 spiro atoms. The summed E-state index contributed by atoms with van der Waals surface area (Å²) < 4.78 is 11.1. The van der Waals surface area contributed by atoms with Crippen molar-refractivity contribution in [1.82, 2.24) is 15.0 Å². The summed E-state index contributed by atoms with van der Waals surface area (Å²) in [7, 11) is 1.50. The number of carbonyl (C=O) groups excluding carboxylic acids is 1. The summed E-state index contributed by atoms with van der Waals surface area (Å²) >= 11 is 0. The third-order valence-corrected chi connectivity index (χ3v) is 2.19. The Balaban J connectivity index is 2.73. The molecule has 7 nitrogen and oxygen atoms in total. The number of nitrogens with zero attached hydrogens (tertiary/aromatic N) is 3. The molecule has 0 aliphatic carbocycles. The van der Waals surface area contributed by atoms with Gasteiger partial charge in [-0.2, -0.15) is 0 Å². The lowest BCUT2D eigenvalue weighted by molar-refractivity contribution is 0.0499. The van der Waals surface area contributed by atoms with Crippen LogP contribution in [0.1, 0.15) is 23.1 Å². The van der Waals surface area contributed by atoms with Gasteiger partial charge in [-0.15, -0.1) is 5.10 Å². The number of aliphatic hydroxyl groups excluding tert-OH is 1. The summed E-state index contributed by atoms with van der Waals surface area (Å²) in [5.74, 6) is -0.502. The maximum atomic E-state index is 11.5. The van der Waals surface area contributed by atoms with Crippen LogP contribution in [0.5, 0.6) is 0 Å². The molecular formula is C10H17N3O4. The molecule has 96 valence electrons. The maximum absolute atomic E-state index is 11.5. The van der Waals surface area contributed by atoms with Crippen LogP contribution in [0.3, 0.4) is 0 Å². The van der Waals surface area contributed by atoms with E-state index in [1.165, 1.54) is 11.8 Å². The topological polar surface area (TPSA) is 86.5 Å². The van der Waals surface area contributed by atoms with E-state index in [2.05, 4.69) is 10.3 Å². The third-order valence-electron chi connectivity index (χ3n) is 2.19. The van der Waals surface area contributed by atoms with Crippen molar-refractivity contribution in [3.8, 4) is 0 Å². The second kappa shape index (κ2) is 6.31. The fourth-order valence-corrected chi connectivity index (χ4v) is 1.37. The first kappa shape index (κ1) is 13.6. The number of aliphatic hydroxyl groups is 1. The van der Waals surface area contributed by atoms with Crippen LogP contribution in [0.25, 0.3) is 0 Å². The molecule has 0 aliphatic rings. The van der Waals surface area contributed by atoms with Crippen LogP contribution < -0.4 is 0 Å². The Bertz CT molecular complexity index is 378. The molecule has 1 heterocycles. The second-order valence-corrected chi connectivity index (χ2v) is 3.54. The van der Waals surface area contributed by atoms with E-state index >= 15 is 0 Å². The van der Waals surface area contributed by atoms with Crippen molar-refractivity contribution in [3.63, 3.8) is 0 Å². The Morgan fingerprint density at radius 1 is 1.59 bits per heavy atom. The van der Waals surface area contributed by atoms with E-state index in [1.807, 2.05) is 0 Å². The molecule has 0 bridgehead atoms. The van der Waals surface area contributed by atoms with Gasteiger partial charge >= 0.3 is 5.97 Å². The highest BCUT2D eigenvalue weighted by Crippen LogP contribution is 2.06. The van der Waals surface area contributed by atoms with E-state index in [0.717, 1.165) is 0 Å². The fraction of sp³-hybridized carbons (Fsp3) is 0.700. The molecule has 0 saturated heterocycles. The van der Waals surface area contributed by atoms with Crippen LogP contribution in [-0.2, 0) is 16.0 Å². The molecule has 1 aromatic rings. The first-order valence-corrected chi connectivity index (χ1v) is 5.34. The fourth-order valence-electron chi connectivity index (χ4n) is 1.37. The monoisotopic (exact) mass is 243 g/mol. The zero-order valence-electron chi connectivity index (χ0n) is 10.2. The summed E-state index contributed by atoms with van der Waals surface area (Å²) in [6.07, 6.45) is -0.685. The molecule has 0 saturated carbocycles. The normalized spacial score (nSPS) is 12.5. The second-order valence-electron chi connectivity index (χ2n) is 3.54. The van der Waals surface area contributed by atoms with Crippen molar-refractivity contribution in [3.05, 3.63) is 11.4 Å². The van der Waals surface area contributed by atoms with Crippen molar-refractivity contribution < 1.29 is 19.4 Å². The van der Waals surface area contributed by atoms with E-state index in [0.29, 0.717) is 5.69 Å². The van der Waals surface area contributed by atoms with Gasteiger partial charge in [0.05, 0.1) is 31.6 Å². The number of esters is 1. The Kier molecular flexibility index (Phi) is 5.05. The smallest absolute Gasteiger partial charge is 0.360 e. The third kappa shape index (κ3) is 3.50. The molecule has 0 radical (unpaired) electrons. The quantitative estimate of drug-likeness (QED) is 0.694. The molecule has 1 aromatic heterocycles. The molecule has 0 fully saturated rings. The van der Waals surface area contributed by atoms with Gasteiger partial charge in [-0.05, 0) is 13.8 Å². The van der Waals surface area contributed by atoms with E-state index in [4.69, 9.17) is 9.47 Å². The summed E-state index contributed by atoms with van der Waals surface area (Å²) in [4.78, 5) is 11.5. The van der Waals surface area contributed by atoms with Gasteiger partial charge in [0, 0.05) is 7.11 Å². The Morgan fingerprint density at radius 2 is 2.29 bits per heavy atom. The SMILES string of the molecule is CCOC(=O)c1nnn(CC(O)COC)c1C. The van der Waals surface area contributed by atoms with E-state index in [9.17, 15) is 9.90 Å². The van der Waals surface area contributed by atoms with Gasteiger partial charge in [0.1, 0.15) is 0 Å². The molecule has 1 rings (SSSR count). The van der Waals surface area contributed by atoms with Crippen molar-refractivity contribution >= 4 is 5.97 Å². The predicted octanol–water partition coefficient (Wildman–Crippen LogP) is -0.229. The molecule has 17 heavy (non-hydrogen) atoms. The van der Waals surface area contributed by atoms with Crippen molar-refractivity contribution in [2.75, 3.05) is 20.3 Å². The van der Waals surface area contributed by atoms with Crippen LogP contribution in [0, 0.1) is 6.92 Å². The molecule has 1 atom stereocenters. The molecule has 1 N–H and O–H groups in total. The summed E-state index contributed by atoms with van der Waals surface area (Å²) in [5, 5.41) is 17.1. The van der Waals surface area contributed by atoms with Crippen LogP contribution in [0.4, 0.5) is 0 Å². The lowest BCUT2D eigenvalue weighted by atomic mass is 10.3. The lowest BCUT2D eigenvalue weighted by Gasteiger charge is -2.09. The zero-order chi connectivity index (χ0) is 12.8. The van der Waals surface area contributed by atoms with Gasteiger partial charge < -0.3 is 14.6 Å². The van der Waals surface area contributed by atoms with Crippen molar-refractivity contribution in [2.45, 2.75) is 26.5 Å². The number of hydrogen-bond donors (Lipinski definition) is 1. The number of carbonyl (C=O) groups is 1. The first-order chi connectivity index (χ1) is 8.10. The number of rotatable bonds is 6. The van der Waals surface area contributed by atoms with E-state index in [1.54, 1.807) is 13.8 Å². The number of hydrogen-bond acceptors (Lipinski definition) is 6. The molecule has 0 aliphatic heterocycles. The van der Waals surface area contributed by atoms with Gasteiger partial charge in [-0.3, -0.25) is 0 Å². The maximum Gasteiger partial charge on any atom is 0.360 e. The Morgan fingerprint density at radius 3 is 2.88 bits per heavy atom. The van der Waals surface area contributed by atoms with E-state index < -0.39 is 12.1 Å². The molecular weight excluding hydrogens is 226 g/mol. The average Bonchev–Trinajstić information content (AvgIpc) is 2.61. The number of ether oxygens (including phenoxy) is 2. The van der Waals surface area contributed by atoms with Gasteiger partial charge in [0.15, 0.2) is 5.69 Å². The van der Waals surface area contributed by atoms with Crippen LogP contribution >= 0.6 is 0 Å². The van der Waals surface area contributed by atoms with Gasteiger partial charge in [0.25, 0.3) is 0 Å². The van der Waals surface area contributed by atoms with Crippen LogP contribution in [0.2, 0.25) is 0 Å². The largest absolute Gasteiger partial charge is 0.461 e. The highest BCUT2D eigenvalue weighted by molar-refractivity contribution is 5.88. The lowest BCUT2D eigenvalue weighted by Crippen LogP contribution is -2.22. The standard InChI is InChI=1S/C10H17N3O4/c1-4-17-10(15)9-7(2)13(12-11-9)5-8(14)6-16-3/h8,14H,4-6H2,1-3H3. The first-order valence-electron chi connectivity index (χ1n) is 5.34. The Labute approximate surface area is 99.3 Å². The van der Waals surface area contributed by atoms with Crippen molar-refractivity contribution in [1.29, 1.82) is 0 Å². The Hall–Kier alpha value is -1.47. The minimum atomic E-state index is -0.685. The van der Waals surface area contributed by atoms with Gasteiger partial charge in [-0.1, -0.05) is 5.21 Å². The number of aromatic nitrogens is 3. The van der Waals surface area contributed by atoms with E-state index in [-0.39, 0.29) is 25.5 Å². The summed E-state index contributed by atoms with van der Waals surface area (Å²) in [6, 6.07) is 0. The molecule has 0 amide bonds. The van der Waals surface area contributed by atoms with Crippen LogP contribution in [-0.4, -0.2) is 52.5 Å². The van der Waals surface area contributed by atoms with Gasteiger partial charge in [0.2, 0.25) is 0 Å². The van der Waals surface area contributed by atoms with Gasteiger partial charge in [-0.25, -0.2) is 9.48 Å². The average molecular weight is 243 g/mol. The minimum absolute atomic E-state index is 0.177. The molecule has 7 heteroatoms. The highest BCUT2D eigenvalue weighted by Gasteiger charge is 2.18. The molecule has 0 aromatic carbocycles. The summed E-state index contributed by atoms with van der Waals surface area (Å²) in [5.41, 5.74) is 0.745. The zero-order valence-corrected chi connectivity index (χ0v) is 10.2. The molecule has 1 unspecified atom stereocenters. The minimum Gasteiger partial charge on any atom is -0.461 e.